The number of aliphatic hydroxyl groups is 2. The van der Waals surface area contributed by atoms with Gasteiger partial charge in [-0.1, -0.05) is 36.4 Å². The van der Waals surface area contributed by atoms with Gasteiger partial charge in [-0.2, -0.15) is 0 Å². The van der Waals surface area contributed by atoms with Crippen molar-refractivity contribution in [3.63, 3.8) is 0 Å². The number of hydrogen-bond donors (Lipinski definition) is 4. The summed E-state index contributed by atoms with van der Waals surface area (Å²) in [6.07, 6.45) is 0.225. The third-order valence-corrected chi connectivity index (χ3v) is 6.46. The third kappa shape index (κ3) is 7.73. The number of esters is 1. The van der Waals surface area contributed by atoms with E-state index >= 15 is 0 Å². The molecule has 2 aromatic carbocycles. The predicted octanol–water partition coefficient (Wildman–Crippen LogP) is 2.48. The largest absolute Gasteiger partial charge is 0.465 e. The topological polar surface area (TPSA) is 130 Å². The summed E-state index contributed by atoms with van der Waals surface area (Å²) in [5.41, 5.74) is 3.21. The Morgan fingerprint density at radius 1 is 1.08 bits per heavy atom. The van der Waals surface area contributed by atoms with E-state index in [0.29, 0.717) is 25.2 Å². The Hall–Kier alpha value is -3.02. The molecule has 4 rings (SSSR count). The molecule has 0 spiro atoms. The summed E-state index contributed by atoms with van der Waals surface area (Å²) in [7, 11) is 0. The van der Waals surface area contributed by atoms with Crippen LogP contribution >= 0.6 is 0 Å². The number of carbonyl (C=O) groups is 2. The number of aliphatic hydroxyl groups excluding tert-OH is 2. The molecule has 4 N–H and O–H groups in total. The van der Waals surface area contributed by atoms with Crippen LogP contribution in [0.2, 0.25) is 0 Å². The third-order valence-electron chi connectivity index (χ3n) is 6.46. The van der Waals surface area contributed by atoms with Crippen LogP contribution in [0, 0.1) is 0 Å². The second kappa shape index (κ2) is 13.0. The molecule has 2 saturated heterocycles. The first-order valence-electron chi connectivity index (χ1n) is 12.6. The average molecular weight is 514 g/mol. The first-order chi connectivity index (χ1) is 17.9. The average Bonchev–Trinajstić information content (AvgIpc) is 3.32. The summed E-state index contributed by atoms with van der Waals surface area (Å²) >= 11 is 0. The molecule has 2 aromatic rings. The predicted molar refractivity (Wildman–Crippen MR) is 136 cm³/mol. The molecular formula is C27H35N3O7. The van der Waals surface area contributed by atoms with E-state index in [4.69, 9.17) is 14.2 Å². The van der Waals surface area contributed by atoms with Crippen molar-refractivity contribution in [2.24, 2.45) is 0 Å². The maximum atomic E-state index is 12.1. The number of hydrogen-bond acceptors (Lipinski definition) is 8. The zero-order valence-corrected chi connectivity index (χ0v) is 21.0. The number of likely N-dealkylation sites (tertiary alicyclic amines) is 1. The van der Waals surface area contributed by atoms with Gasteiger partial charge in [0.1, 0.15) is 6.54 Å². The molecule has 2 aliphatic heterocycles. The van der Waals surface area contributed by atoms with Crippen molar-refractivity contribution >= 4 is 17.7 Å². The fourth-order valence-electron chi connectivity index (χ4n) is 4.56. The molecule has 2 amide bonds. The summed E-state index contributed by atoms with van der Waals surface area (Å²) in [4.78, 5) is 25.7. The fourth-order valence-corrected chi connectivity index (χ4v) is 4.56. The highest BCUT2D eigenvalue weighted by Gasteiger charge is 2.34. The summed E-state index contributed by atoms with van der Waals surface area (Å²) in [6, 6.07) is 14.4. The smallest absolute Gasteiger partial charge is 0.325 e. The highest BCUT2D eigenvalue weighted by Crippen LogP contribution is 2.38. The second-order valence-corrected chi connectivity index (χ2v) is 9.29. The van der Waals surface area contributed by atoms with Crippen molar-refractivity contribution in [3.8, 4) is 0 Å². The first-order valence-corrected chi connectivity index (χ1v) is 12.6. The summed E-state index contributed by atoms with van der Waals surface area (Å²) in [6.45, 7) is 3.90. The number of anilines is 1. The van der Waals surface area contributed by atoms with Gasteiger partial charge in [0.25, 0.3) is 0 Å². The van der Waals surface area contributed by atoms with Gasteiger partial charge in [-0.05, 0) is 36.6 Å². The van der Waals surface area contributed by atoms with Gasteiger partial charge in [0.2, 0.25) is 0 Å². The lowest BCUT2D eigenvalue weighted by atomic mass is 9.99. The van der Waals surface area contributed by atoms with Gasteiger partial charge >= 0.3 is 12.0 Å². The van der Waals surface area contributed by atoms with Crippen LogP contribution in [0.1, 0.15) is 48.8 Å². The molecule has 2 aliphatic rings. The summed E-state index contributed by atoms with van der Waals surface area (Å²) < 4.78 is 17.5. The quantitative estimate of drug-likeness (QED) is 0.377. The van der Waals surface area contributed by atoms with Gasteiger partial charge < -0.3 is 35.1 Å². The Bertz CT molecular complexity index is 1030. The lowest BCUT2D eigenvalue weighted by Crippen LogP contribution is -2.38. The molecule has 0 bridgehead atoms. The second-order valence-electron chi connectivity index (χ2n) is 9.29. The monoisotopic (exact) mass is 513 g/mol. The SMILES string of the molecule is CCOC(=O)CNC(=O)Nc1ccc([C@@H]2O[C@H](CN3CC[C@H](O)C3)C[C@H](c3ccc(CO)cc3)O2)cc1. The molecule has 2 heterocycles. The number of nitrogens with one attached hydrogen (secondary N) is 2. The molecular weight excluding hydrogens is 478 g/mol. The Labute approximate surface area is 216 Å². The van der Waals surface area contributed by atoms with E-state index in [-0.39, 0.29) is 38.1 Å². The highest BCUT2D eigenvalue weighted by atomic mass is 16.7. The van der Waals surface area contributed by atoms with Gasteiger partial charge in [0, 0.05) is 37.3 Å². The van der Waals surface area contributed by atoms with Crippen LogP contribution in [0.4, 0.5) is 10.5 Å². The van der Waals surface area contributed by atoms with Crippen LogP contribution in [0.3, 0.4) is 0 Å². The van der Waals surface area contributed by atoms with Crippen molar-refractivity contribution in [1.82, 2.24) is 10.2 Å². The molecule has 0 aromatic heterocycles. The van der Waals surface area contributed by atoms with Crippen molar-refractivity contribution in [2.45, 2.75) is 51.0 Å². The molecule has 0 saturated carbocycles. The number of rotatable bonds is 9. The first kappa shape index (κ1) is 27.0. The standard InChI is InChI=1S/C27H35N3O7/c1-2-35-25(33)14-28-27(34)29-21-9-7-20(8-10-21)26-36-23(16-30-12-11-22(32)15-30)13-24(37-26)19-5-3-18(17-31)4-6-19/h3-10,22-24,26,31-32H,2,11-17H2,1H3,(H2,28,29,34)/t22-,23-,24+,26+/m0/s1. The number of β-amino-alcohol motifs (C(OH)–C–C–N with tert-alkyl or cyclic N) is 1. The minimum atomic E-state index is -0.611. The molecule has 4 atom stereocenters. The molecule has 10 nitrogen and oxygen atoms in total. The van der Waals surface area contributed by atoms with E-state index in [2.05, 4.69) is 15.5 Å². The molecule has 10 heteroatoms. The van der Waals surface area contributed by atoms with Crippen LogP contribution < -0.4 is 10.6 Å². The van der Waals surface area contributed by atoms with Gasteiger partial charge in [-0.15, -0.1) is 0 Å². The Kier molecular flexibility index (Phi) is 9.48. The van der Waals surface area contributed by atoms with Crippen LogP contribution in [-0.2, 0) is 25.6 Å². The number of carbonyl (C=O) groups excluding carboxylic acids is 2. The van der Waals surface area contributed by atoms with Gasteiger partial charge in [0.05, 0.1) is 31.5 Å². The Morgan fingerprint density at radius 3 is 2.46 bits per heavy atom. The number of ether oxygens (including phenoxy) is 3. The minimum absolute atomic E-state index is 0.0152. The Morgan fingerprint density at radius 2 is 1.81 bits per heavy atom. The number of benzene rings is 2. The maximum Gasteiger partial charge on any atom is 0.325 e. The van der Waals surface area contributed by atoms with Crippen LogP contribution in [0.15, 0.2) is 48.5 Å². The molecule has 200 valence electrons. The number of nitrogens with zero attached hydrogens (tertiary/aromatic N) is 1. The van der Waals surface area contributed by atoms with Crippen molar-refractivity contribution in [3.05, 3.63) is 65.2 Å². The van der Waals surface area contributed by atoms with E-state index in [1.54, 1.807) is 19.1 Å². The maximum absolute atomic E-state index is 12.1. The fraction of sp³-hybridized carbons (Fsp3) is 0.481. The number of urea groups is 1. The molecule has 2 fully saturated rings. The molecule has 37 heavy (non-hydrogen) atoms. The van der Waals surface area contributed by atoms with E-state index in [1.165, 1.54) is 0 Å². The zero-order valence-electron chi connectivity index (χ0n) is 21.0. The van der Waals surface area contributed by atoms with Gasteiger partial charge in [0.15, 0.2) is 6.29 Å². The molecule has 0 unspecified atom stereocenters. The lowest BCUT2D eigenvalue weighted by Gasteiger charge is -2.37. The number of amides is 2. The normalized spacial score (nSPS) is 24.0. The summed E-state index contributed by atoms with van der Waals surface area (Å²) in [5.74, 6) is -0.502. The van der Waals surface area contributed by atoms with Crippen molar-refractivity contribution < 1.29 is 34.0 Å². The molecule has 0 radical (unpaired) electrons. The van der Waals surface area contributed by atoms with E-state index in [9.17, 15) is 19.8 Å². The zero-order chi connectivity index (χ0) is 26.2. The van der Waals surface area contributed by atoms with Gasteiger partial charge in [-0.3, -0.25) is 9.69 Å². The van der Waals surface area contributed by atoms with Crippen LogP contribution in [-0.4, -0.2) is 72.1 Å². The van der Waals surface area contributed by atoms with E-state index < -0.39 is 18.3 Å². The van der Waals surface area contributed by atoms with E-state index in [0.717, 1.165) is 29.7 Å². The van der Waals surface area contributed by atoms with Gasteiger partial charge in [-0.25, -0.2) is 4.79 Å². The Balaban J connectivity index is 1.42. The minimum Gasteiger partial charge on any atom is -0.465 e. The van der Waals surface area contributed by atoms with Crippen molar-refractivity contribution in [1.29, 1.82) is 0 Å². The highest BCUT2D eigenvalue weighted by molar-refractivity contribution is 5.91. The van der Waals surface area contributed by atoms with Crippen LogP contribution in [0.25, 0.3) is 0 Å². The van der Waals surface area contributed by atoms with Crippen LogP contribution in [0.5, 0.6) is 0 Å². The summed E-state index contributed by atoms with van der Waals surface area (Å²) in [5, 5.41) is 24.4. The molecule has 0 aliphatic carbocycles. The van der Waals surface area contributed by atoms with Crippen molar-refractivity contribution in [2.75, 3.05) is 38.1 Å². The van der Waals surface area contributed by atoms with E-state index in [1.807, 2.05) is 36.4 Å². The lowest BCUT2D eigenvalue weighted by molar-refractivity contribution is -0.252.